The Morgan fingerprint density at radius 2 is 1.84 bits per heavy atom. The second kappa shape index (κ2) is 8.94. The van der Waals surface area contributed by atoms with E-state index in [0.717, 1.165) is 18.7 Å². The van der Waals surface area contributed by atoms with Crippen LogP contribution in [-0.4, -0.2) is 38.0 Å². The molecule has 0 saturated carbocycles. The van der Waals surface area contributed by atoms with Crippen molar-refractivity contribution >= 4 is 18.3 Å². The number of hydrogen-bond acceptors (Lipinski definition) is 2. The van der Waals surface area contributed by atoms with Crippen molar-refractivity contribution < 1.29 is 4.79 Å². The van der Waals surface area contributed by atoms with Gasteiger partial charge < -0.3 is 10.2 Å². The minimum absolute atomic E-state index is 0. The van der Waals surface area contributed by atoms with Gasteiger partial charge in [-0.05, 0) is 18.5 Å². The van der Waals surface area contributed by atoms with Gasteiger partial charge in [0.25, 0.3) is 0 Å². The average Bonchev–Trinajstić information content (AvgIpc) is 2.36. The molecule has 1 amide bonds. The van der Waals surface area contributed by atoms with Crippen molar-refractivity contribution in [1.29, 1.82) is 0 Å². The van der Waals surface area contributed by atoms with Gasteiger partial charge in [0.05, 0.1) is 5.92 Å². The van der Waals surface area contributed by atoms with Crippen LogP contribution in [-0.2, 0) is 4.79 Å². The number of likely N-dealkylation sites (N-methyl/N-ethyl adjacent to an activating group) is 2. The number of nitrogens with zero attached hydrogens (tertiary/aromatic N) is 1. The standard InChI is InChI=1S/C15H24N2O.ClH/c1-12(2)14(13-8-6-5-7-9-13)15(18)17(4)11-10-16-3;/h5-9,12,14,16H,10-11H2,1-4H3;1H. The van der Waals surface area contributed by atoms with Crippen LogP contribution >= 0.6 is 12.4 Å². The summed E-state index contributed by atoms with van der Waals surface area (Å²) in [5.41, 5.74) is 1.11. The largest absolute Gasteiger partial charge is 0.344 e. The number of benzene rings is 1. The first-order chi connectivity index (χ1) is 8.57. The molecule has 0 radical (unpaired) electrons. The van der Waals surface area contributed by atoms with Crippen molar-refractivity contribution in [3.8, 4) is 0 Å². The summed E-state index contributed by atoms with van der Waals surface area (Å²) in [5, 5.41) is 3.07. The summed E-state index contributed by atoms with van der Waals surface area (Å²) in [6.45, 7) is 5.76. The van der Waals surface area contributed by atoms with Crippen molar-refractivity contribution in [1.82, 2.24) is 10.2 Å². The van der Waals surface area contributed by atoms with Gasteiger partial charge in [0, 0.05) is 20.1 Å². The maximum absolute atomic E-state index is 12.5. The summed E-state index contributed by atoms with van der Waals surface area (Å²) >= 11 is 0. The third-order valence-corrected chi connectivity index (χ3v) is 3.16. The van der Waals surface area contributed by atoms with Crippen LogP contribution in [0.2, 0.25) is 0 Å². The highest BCUT2D eigenvalue weighted by atomic mass is 35.5. The predicted molar refractivity (Wildman–Crippen MR) is 82.8 cm³/mol. The minimum Gasteiger partial charge on any atom is -0.344 e. The molecule has 0 aliphatic carbocycles. The lowest BCUT2D eigenvalue weighted by Gasteiger charge is -2.26. The second-order valence-corrected chi connectivity index (χ2v) is 5.00. The fourth-order valence-electron chi connectivity index (χ4n) is 2.10. The molecule has 0 saturated heterocycles. The summed E-state index contributed by atoms with van der Waals surface area (Å²) in [6.07, 6.45) is 0. The Labute approximate surface area is 122 Å². The molecule has 0 aromatic heterocycles. The average molecular weight is 285 g/mol. The van der Waals surface area contributed by atoms with Crippen LogP contribution in [0.3, 0.4) is 0 Å². The highest BCUT2D eigenvalue weighted by molar-refractivity contribution is 5.85. The van der Waals surface area contributed by atoms with E-state index in [1.165, 1.54) is 0 Å². The fourth-order valence-corrected chi connectivity index (χ4v) is 2.10. The first-order valence-electron chi connectivity index (χ1n) is 6.52. The Bertz CT molecular complexity index is 368. The molecule has 108 valence electrons. The number of hydrogen-bond donors (Lipinski definition) is 1. The van der Waals surface area contributed by atoms with E-state index in [1.807, 2.05) is 49.3 Å². The molecule has 1 aromatic carbocycles. The van der Waals surface area contributed by atoms with E-state index in [0.29, 0.717) is 5.92 Å². The van der Waals surface area contributed by atoms with Crippen LogP contribution in [0.1, 0.15) is 25.3 Å². The lowest BCUT2D eigenvalue weighted by Crippen LogP contribution is -2.37. The van der Waals surface area contributed by atoms with Crippen molar-refractivity contribution in [2.45, 2.75) is 19.8 Å². The highest BCUT2D eigenvalue weighted by Crippen LogP contribution is 2.26. The molecule has 0 bridgehead atoms. The number of carbonyl (C=O) groups is 1. The normalized spacial score (nSPS) is 11.8. The topological polar surface area (TPSA) is 32.3 Å². The summed E-state index contributed by atoms with van der Waals surface area (Å²) in [5.74, 6) is 0.455. The molecule has 1 unspecified atom stereocenters. The molecule has 1 N–H and O–H groups in total. The molecule has 0 heterocycles. The number of nitrogens with one attached hydrogen (secondary N) is 1. The molecule has 1 atom stereocenters. The fraction of sp³-hybridized carbons (Fsp3) is 0.533. The molecule has 1 aromatic rings. The van der Waals surface area contributed by atoms with Gasteiger partial charge >= 0.3 is 0 Å². The monoisotopic (exact) mass is 284 g/mol. The summed E-state index contributed by atoms with van der Waals surface area (Å²) in [6, 6.07) is 10.0. The van der Waals surface area contributed by atoms with E-state index in [4.69, 9.17) is 0 Å². The van der Waals surface area contributed by atoms with Gasteiger partial charge in [-0.15, -0.1) is 12.4 Å². The summed E-state index contributed by atoms with van der Waals surface area (Å²) in [4.78, 5) is 14.3. The molecule has 1 rings (SSSR count). The van der Waals surface area contributed by atoms with E-state index >= 15 is 0 Å². The van der Waals surface area contributed by atoms with Gasteiger partial charge in [0.1, 0.15) is 0 Å². The first-order valence-corrected chi connectivity index (χ1v) is 6.52. The zero-order valence-corrected chi connectivity index (χ0v) is 13.0. The number of rotatable bonds is 6. The summed E-state index contributed by atoms with van der Waals surface area (Å²) in [7, 11) is 3.77. The van der Waals surface area contributed by atoms with Crippen LogP contribution in [0.5, 0.6) is 0 Å². The van der Waals surface area contributed by atoms with Gasteiger partial charge in [-0.2, -0.15) is 0 Å². The van der Waals surface area contributed by atoms with Gasteiger partial charge in [0.2, 0.25) is 5.91 Å². The minimum atomic E-state index is -0.0481. The maximum atomic E-state index is 12.5. The van der Waals surface area contributed by atoms with Crippen LogP contribution in [0, 0.1) is 5.92 Å². The van der Waals surface area contributed by atoms with Crippen LogP contribution in [0.25, 0.3) is 0 Å². The third kappa shape index (κ3) is 5.21. The van der Waals surface area contributed by atoms with Crippen molar-refractivity contribution in [3.05, 3.63) is 35.9 Å². The SMILES string of the molecule is CNCCN(C)C(=O)C(c1ccccc1)C(C)C.Cl. The molecule has 4 heteroatoms. The van der Waals surface area contributed by atoms with Gasteiger partial charge in [-0.25, -0.2) is 0 Å². The Balaban J connectivity index is 0.00000324. The van der Waals surface area contributed by atoms with Crippen molar-refractivity contribution in [2.24, 2.45) is 5.92 Å². The van der Waals surface area contributed by atoms with Gasteiger partial charge in [-0.3, -0.25) is 4.79 Å². The Kier molecular flexibility index (Phi) is 8.44. The van der Waals surface area contributed by atoms with Crippen molar-refractivity contribution in [2.75, 3.05) is 27.2 Å². The lowest BCUT2D eigenvalue weighted by atomic mass is 9.87. The molecule has 3 nitrogen and oxygen atoms in total. The summed E-state index contributed by atoms with van der Waals surface area (Å²) < 4.78 is 0. The Morgan fingerprint density at radius 3 is 2.32 bits per heavy atom. The Hall–Kier alpha value is -1.06. The van der Waals surface area contributed by atoms with E-state index in [1.54, 1.807) is 0 Å². The van der Waals surface area contributed by atoms with E-state index in [9.17, 15) is 4.79 Å². The van der Waals surface area contributed by atoms with E-state index in [-0.39, 0.29) is 24.2 Å². The van der Waals surface area contributed by atoms with E-state index in [2.05, 4.69) is 19.2 Å². The Morgan fingerprint density at radius 1 is 1.26 bits per heavy atom. The second-order valence-electron chi connectivity index (χ2n) is 5.00. The highest BCUT2D eigenvalue weighted by Gasteiger charge is 2.26. The predicted octanol–water partition coefficient (Wildman–Crippen LogP) is 2.53. The number of amides is 1. The zero-order chi connectivity index (χ0) is 13.5. The number of halogens is 1. The molecular weight excluding hydrogens is 260 g/mol. The maximum Gasteiger partial charge on any atom is 0.230 e. The van der Waals surface area contributed by atoms with Crippen LogP contribution < -0.4 is 5.32 Å². The van der Waals surface area contributed by atoms with Crippen LogP contribution in [0.4, 0.5) is 0 Å². The van der Waals surface area contributed by atoms with E-state index < -0.39 is 0 Å². The van der Waals surface area contributed by atoms with Gasteiger partial charge in [-0.1, -0.05) is 44.2 Å². The molecular formula is C15H25ClN2O. The van der Waals surface area contributed by atoms with Crippen LogP contribution in [0.15, 0.2) is 30.3 Å². The quantitative estimate of drug-likeness (QED) is 0.871. The third-order valence-electron chi connectivity index (χ3n) is 3.16. The molecule has 19 heavy (non-hydrogen) atoms. The first kappa shape index (κ1) is 17.9. The van der Waals surface area contributed by atoms with Gasteiger partial charge in [0.15, 0.2) is 0 Å². The smallest absolute Gasteiger partial charge is 0.230 e. The zero-order valence-electron chi connectivity index (χ0n) is 12.2. The molecule has 0 aliphatic rings. The molecule has 0 spiro atoms. The number of carbonyl (C=O) groups excluding carboxylic acids is 1. The van der Waals surface area contributed by atoms with Crippen molar-refractivity contribution in [3.63, 3.8) is 0 Å². The molecule has 0 aliphatic heterocycles. The lowest BCUT2D eigenvalue weighted by molar-refractivity contribution is -0.132. The molecule has 0 fully saturated rings.